The van der Waals surface area contributed by atoms with Crippen LogP contribution in [-0.4, -0.2) is 42.5 Å². The summed E-state index contributed by atoms with van der Waals surface area (Å²) in [5, 5.41) is 2.90. The molecule has 1 atom stereocenters. The first-order valence-electron chi connectivity index (χ1n) is 11.2. The third-order valence-electron chi connectivity index (χ3n) is 5.44. The smallest absolute Gasteiger partial charge is 0.242 e. The third kappa shape index (κ3) is 6.22. The van der Waals surface area contributed by atoms with Gasteiger partial charge in [0, 0.05) is 19.5 Å². The SMILES string of the molecule is CCCNC(=O)[C@H](CC)N(Cc1ccc(F)cc1)C(=O)CCc1ccc2c(c1)OCCO2. The van der Waals surface area contributed by atoms with Crippen LogP contribution in [0.4, 0.5) is 4.39 Å². The number of ether oxygens (including phenoxy) is 2. The minimum atomic E-state index is -0.584. The molecular weight excluding hydrogens is 411 g/mol. The number of amides is 2. The number of hydrogen-bond acceptors (Lipinski definition) is 4. The molecule has 0 fully saturated rings. The van der Waals surface area contributed by atoms with E-state index >= 15 is 0 Å². The third-order valence-corrected chi connectivity index (χ3v) is 5.44. The number of hydrogen-bond donors (Lipinski definition) is 1. The number of nitrogens with one attached hydrogen (secondary N) is 1. The summed E-state index contributed by atoms with van der Waals surface area (Å²) in [5.41, 5.74) is 1.74. The lowest BCUT2D eigenvalue weighted by molar-refractivity contribution is -0.141. The molecule has 6 nitrogen and oxygen atoms in total. The van der Waals surface area contributed by atoms with Crippen molar-refractivity contribution in [2.24, 2.45) is 0 Å². The lowest BCUT2D eigenvalue weighted by atomic mass is 10.1. The molecular formula is C25H31FN2O4. The van der Waals surface area contributed by atoms with E-state index in [4.69, 9.17) is 9.47 Å². The van der Waals surface area contributed by atoms with E-state index in [1.165, 1.54) is 12.1 Å². The Morgan fingerprint density at radius 3 is 2.41 bits per heavy atom. The van der Waals surface area contributed by atoms with Crippen LogP contribution in [0.2, 0.25) is 0 Å². The van der Waals surface area contributed by atoms with Gasteiger partial charge < -0.3 is 19.7 Å². The Balaban J connectivity index is 1.73. The Bertz CT molecular complexity index is 917. The first kappa shape index (κ1) is 23.6. The van der Waals surface area contributed by atoms with Crippen molar-refractivity contribution in [1.29, 1.82) is 0 Å². The van der Waals surface area contributed by atoms with E-state index in [9.17, 15) is 14.0 Å². The number of aryl methyl sites for hydroxylation is 1. The zero-order chi connectivity index (χ0) is 22.9. The molecule has 1 N–H and O–H groups in total. The summed E-state index contributed by atoms with van der Waals surface area (Å²) in [6, 6.07) is 11.1. The van der Waals surface area contributed by atoms with Gasteiger partial charge in [0.25, 0.3) is 0 Å². The molecule has 2 aromatic rings. The Kier molecular flexibility index (Phi) is 8.48. The fourth-order valence-electron chi connectivity index (χ4n) is 3.71. The van der Waals surface area contributed by atoms with Crippen molar-refractivity contribution in [2.45, 2.75) is 52.1 Å². The maximum Gasteiger partial charge on any atom is 0.242 e. The van der Waals surface area contributed by atoms with Gasteiger partial charge in [-0.1, -0.05) is 32.0 Å². The van der Waals surface area contributed by atoms with Gasteiger partial charge in [0.2, 0.25) is 11.8 Å². The Labute approximate surface area is 188 Å². The molecule has 2 aromatic carbocycles. The summed E-state index contributed by atoms with van der Waals surface area (Å²) in [7, 11) is 0. The number of carbonyl (C=O) groups excluding carboxylic acids is 2. The lowest BCUT2D eigenvalue weighted by Gasteiger charge is -2.31. The summed E-state index contributed by atoms with van der Waals surface area (Å²) in [4.78, 5) is 27.6. The van der Waals surface area contributed by atoms with Crippen molar-refractivity contribution in [3.63, 3.8) is 0 Å². The van der Waals surface area contributed by atoms with Crippen molar-refractivity contribution in [2.75, 3.05) is 19.8 Å². The van der Waals surface area contributed by atoms with Gasteiger partial charge in [0.1, 0.15) is 25.1 Å². The molecule has 0 aliphatic carbocycles. The first-order chi connectivity index (χ1) is 15.5. The van der Waals surface area contributed by atoms with Crippen LogP contribution in [0.15, 0.2) is 42.5 Å². The van der Waals surface area contributed by atoms with Crippen molar-refractivity contribution in [3.8, 4) is 11.5 Å². The molecule has 3 rings (SSSR count). The molecule has 1 aliphatic heterocycles. The highest BCUT2D eigenvalue weighted by Gasteiger charge is 2.28. The molecule has 1 heterocycles. The summed E-state index contributed by atoms with van der Waals surface area (Å²) in [6.45, 7) is 5.72. The van der Waals surface area contributed by atoms with Crippen LogP contribution < -0.4 is 14.8 Å². The fraction of sp³-hybridized carbons (Fsp3) is 0.440. The molecule has 7 heteroatoms. The lowest BCUT2D eigenvalue weighted by Crippen LogP contribution is -2.49. The van der Waals surface area contributed by atoms with E-state index in [1.54, 1.807) is 17.0 Å². The van der Waals surface area contributed by atoms with Gasteiger partial charge in [0.05, 0.1) is 0 Å². The molecule has 0 radical (unpaired) electrons. The summed E-state index contributed by atoms with van der Waals surface area (Å²) < 4.78 is 24.5. The van der Waals surface area contributed by atoms with Crippen LogP contribution in [0.1, 0.15) is 44.2 Å². The quantitative estimate of drug-likeness (QED) is 0.607. The van der Waals surface area contributed by atoms with Gasteiger partial charge in [-0.15, -0.1) is 0 Å². The average Bonchev–Trinajstić information content (AvgIpc) is 2.82. The Morgan fingerprint density at radius 2 is 1.72 bits per heavy atom. The van der Waals surface area contributed by atoms with E-state index in [1.807, 2.05) is 32.0 Å². The zero-order valence-corrected chi connectivity index (χ0v) is 18.7. The highest BCUT2D eigenvalue weighted by molar-refractivity contribution is 5.87. The second-order valence-electron chi connectivity index (χ2n) is 7.84. The Hall–Kier alpha value is -3.09. The molecule has 172 valence electrons. The normalized spacial score (nSPS) is 13.3. The van der Waals surface area contributed by atoms with Crippen molar-refractivity contribution < 1.29 is 23.5 Å². The van der Waals surface area contributed by atoms with Crippen LogP contribution in [0, 0.1) is 5.82 Å². The van der Waals surface area contributed by atoms with Crippen LogP contribution in [0.3, 0.4) is 0 Å². The van der Waals surface area contributed by atoms with E-state index in [-0.39, 0.29) is 30.6 Å². The number of rotatable bonds is 10. The van der Waals surface area contributed by atoms with Crippen molar-refractivity contribution >= 4 is 11.8 Å². The molecule has 0 unspecified atom stereocenters. The monoisotopic (exact) mass is 442 g/mol. The van der Waals surface area contributed by atoms with Crippen molar-refractivity contribution in [3.05, 3.63) is 59.4 Å². The molecule has 0 saturated carbocycles. The zero-order valence-electron chi connectivity index (χ0n) is 18.7. The van der Waals surface area contributed by atoms with Crippen LogP contribution in [0.5, 0.6) is 11.5 Å². The largest absolute Gasteiger partial charge is 0.486 e. The predicted octanol–water partition coefficient (Wildman–Crippen LogP) is 3.86. The van der Waals surface area contributed by atoms with Crippen LogP contribution >= 0.6 is 0 Å². The van der Waals surface area contributed by atoms with E-state index < -0.39 is 6.04 Å². The maximum absolute atomic E-state index is 13.3. The van der Waals surface area contributed by atoms with Gasteiger partial charge in [0.15, 0.2) is 11.5 Å². The number of fused-ring (bicyclic) bond motifs is 1. The second kappa shape index (κ2) is 11.5. The minimum Gasteiger partial charge on any atom is -0.486 e. The molecule has 0 aromatic heterocycles. The van der Waals surface area contributed by atoms with E-state index in [0.29, 0.717) is 44.1 Å². The topological polar surface area (TPSA) is 67.9 Å². The molecule has 1 aliphatic rings. The van der Waals surface area contributed by atoms with Gasteiger partial charge >= 0.3 is 0 Å². The molecule has 2 amide bonds. The maximum atomic E-state index is 13.3. The highest BCUT2D eigenvalue weighted by atomic mass is 19.1. The highest BCUT2D eigenvalue weighted by Crippen LogP contribution is 2.31. The van der Waals surface area contributed by atoms with E-state index in [0.717, 1.165) is 17.5 Å². The molecule has 0 saturated heterocycles. The minimum absolute atomic E-state index is 0.122. The van der Waals surface area contributed by atoms with Crippen molar-refractivity contribution in [1.82, 2.24) is 10.2 Å². The van der Waals surface area contributed by atoms with Gasteiger partial charge in [-0.25, -0.2) is 4.39 Å². The van der Waals surface area contributed by atoms with Gasteiger partial charge in [-0.3, -0.25) is 9.59 Å². The summed E-state index contributed by atoms with van der Waals surface area (Å²) >= 11 is 0. The number of carbonyl (C=O) groups is 2. The number of benzene rings is 2. The van der Waals surface area contributed by atoms with Crippen LogP contribution in [-0.2, 0) is 22.6 Å². The van der Waals surface area contributed by atoms with E-state index in [2.05, 4.69) is 5.32 Å². The molecule has 0 spiro atoms. The molecule has 32 heavy (non-hydrogen) atoms. The summed E-state index contributed by atoms with van der Waals surface area (Å²) in [5.74, 6) is 0.780. The predicted molar refractivity (Wildman–Crippen MR) is 120 cm³/mol. The standard InChI is InChI=1S/C25H31FN2O4/c1-3-13-27-25(30)21(4-2)28(17-19-5-9-20(26)10-6-19)24(29)12-8-18-7-11-22-23(16-18)32-15-14-31-22/h5-7,9-11,16,21H,3-4,8,12-15,17H2,1-2H3,(H,27,30)/t21-/m0/s1. The number of nitrogens with zero attached hydrogens (tertiary/aromatic N) is 1. The average molecular weight is 443 g/mol. The second-order valence-corrected chi connectivity index (χ2v) is 7.84. The summed E-state index contributed by atoms with van der Waals surface area (Å²) in [6.07, 6.45) is 2.07. The Morgan fingerprint density at radius 1 is 1.03 bits per heavy atom. The van der Waals surface area contributed by atoms with Crippen LogP contribution in [0.25, 0.3) is 0 Å². The molecule has 0 bridgehead atoms. The van der Waals surface area contributed by atoms with Gasteiger partial charge in [-0.05, 0) is 54.7 Å². The number of halogens is 1. The van der Waals surface area contributed by atoms with Gasteiger partial charge in [-0.2, -0.15) is 0 Å². The fourth-order valence-corrected chi connectivity index (χ4v) is 3.71. The first-order valence-corrected chi connectivity index (χ1v) is 11.2.